The van der Waals surface area contributed by atoms with Crippen molar-refractivity contribution in [2.45, 2.75) is 278 Å². The summed E-state index contributed by atoms with van der Waals surface area (Å²) >= 11 is 0. The molecule has 0 saturated carbocycles. The SMILES string of the molecule is CCCCCCCCCC(=O)OC[C@H](COC(=O)CCCCCCCCCCCCCC(C)C)OC(=O)CCCCCCCCCCCCCCCCC(C)C. The molecule has 0 amide bonds. The van der Waals surface area contributed by atoms with Crippen molar-refractivity contribution in [2.24, 2.45) is 11.8 Å². The second-order valence-electron chi connectivity index (χ2n) is 18.1. The molecule has 0 aromatic carbocycles. The molecular weight excluding hydrogens is 697 g/mol. The van der Waals surface area contributed by atoms with Gasteiger partial charge < -0.3 is 14.2 Å². The fourth-order valence-electron chi connectivity index (χ4n) is 7.46. The number of rotatable bonds is 44. The van der Waals surface area contributed by atoms with Gasteiger partial charge in [-0.1, -0.05) is 234 Å². The predicted molar refractivity (Wildman–Crippen MR) is 238 cm³/mol. The maximum absolute atomic E-state index is 12.7. The lowest BCUT2D eigenvalue weighted by molar-refractivity contribution is -0.167. The Balaban J connectivity index is 4.22. The van der Waals surface area contributed by atoms with E-state index in [2.05, 4.69) is 34.6 Å². The minimum atomic E-state index is -0.760. The van der Waals surface area contributed by atoms with Crippen LogP contribution in [0.1, 0.15) is 272 Å². The fraction of sp³-hybridized carbons (Fsp3) is 0.940. The van der Waals surface area contributed by atoms with Gasteiger partial charge in [0.2, 0.25) is 0 Å². The summed E-state index contributed by atoms with van der Waals surface area (Å²) < 4.78 is 16.7. The first-order valence-corrected chi connectivity index (χ1v) is 24.7. The Morgan fingerprint density at radius 1 is 0.339 bits per heavy atom. The summed E-state index contributed by atoms with van der Waals surface area (Å²) in [6.45, 7) is 11.3. The summed E-state index contributed by atoms with van der Waals surface area (Å²) in [5.74, 6) is 0.813. The summed E-state index contributed by atoms with van der Waals surface area (Å²) in [5, 5.41) is 0. The van der Waals surface area contributed by atoms with E-state index in [1.165, 1.54) is 161 Å². The van der Waals surface area contributed by atoms with Gasteiger partial charge >= 0.3 is 17.9 Å². The Labute approximate surface area is 348 Å². The molecule has 0 unspecified atom stereocenters. The molecule has 0 aliphatic rings. The van der Waals surface area contributed by atoms with E-state index < -0.39 is 6.10 Å². The summed E-state index contributed by atoms with van der Waals surface area (Å²) in [6.07, 6.45) is 42.4. The Morgan fingerprint density at radius 2 is 0.589 bits per heavy atom. The number of hydrogen-bond donors (Lipinski definition) is 0. The average Bonchev–Trinajstić information content (AvgIpc) is 3.16. The third-order valence-corrected chi connectivity index (χ3v) is 11.2. The Morgan fingerprint density at radius 3 is 0.875 bits per heavy atom. The molecule has 0 saturated heterocycles. The second kappa shape index (κ2) is 43.0. The molecule has 0 bridgehead atoms. The molecule has 0 radical (unpaired) electrons. The maximum Gasteiger partial charge on any atom is 0.306 e. The maximum atomic E-state index is 12.7. The van der Waals surface area contributed by atoms with E-state index >= 15 is 0 Å². The highest BCUT2D eigenvalue weighted by molar-refractivity contribution is 5.71. The number of esters is 3. The molecule has 56 heavy (non-hydrogen) atoms. The summed E-state index contributed by atoms with van der Waals surface area (Å²) in [4.78, 5) is 37.7. The first-order valence-electron chi connectivity index (χ1n) is 24.7. The van der Waals surface area contributed by atoms with Gasteiger partial charge in [0.05, 0.1) is 0 Å². The smallest absolute Gasteiger partial charge is 0.306 e. The van der Waals surface area contributed by atoms with Crippen LogP contribution < -0.4 is 0 Å². The molecule has 0 aliphatic heterocycles. The molecule has 0 fully saturated rings. The first-order chi connectivity index (χ1) is 27.2. The van der Waals surface area contributed by atoms with Gasteiger partial charge in [-0.05, 0) is 31.1 Å². The van der Waals surface area contributed by atoms with Crippen molar-refractivity contribution in [1.82, 2.24) is 0 Å². The summed E-state index contributed by atoms with van der Waals surface area (Å²) in [6, 6.07) is 0. The molecule has 6 nitrogen and oxygen atoms in total. The van der Waals surface area contributed by atoms with Gasteiger partial charge in [0.15, 0.2) is 6.10 Å². The molecule has 1 atom stereocenters. The van der Waals surface area contributed by atoms with Crippen molar-refractivity contribution in [3.63, 3.8) is 0 Å². The summed E-state index contributed by atoms with van der Waals surface area (Å²) in [7, 11) is 0. The highest BCUT2D eigenvalue weighted by Gasteiger charge is 2.19. The predicted octanol–water partition coefficient (Wildman–Crippen LogP) is 15.8. The van der Waals surface area contributed by atoms with Crippen molar-refractivity contribution < 1.29 is 28.6 Å². The van der Waals surface area contributed by atoms with E-state index in [4.69, 9.17) is 14.2 Å². The quantitative estimate of drug-likeness (QED) is 0.0347. The van der Waals surface area contributed by atoms with E-state index in [9.17, 15) is 14.4 Å². The van der Waals surface area contributed by atoms with Gasteiger partial charge in [-0.2, -0.15) is 0 Å². The van der Waals surface area contributed by atoms with Crippen LogP contribution in [-0.4, -0.2) is 37.2 Å². The minimum Gasteiger partial charge on any atom is -0.462 e. The highest BCUT2D eigenvalue weighted by atomic mass is 16.6. The third kappa shape index (κ3) is 43.5. The number of hydrogen-bond acceptors (Lipinski definition) is 6. The topological polar surface area (TPSA) is 78.9 Å². The zero-order chi connectivity index (χ0) is 41.2. The number of ether oxygens (including phenoxy) is 3. The zero-order valence-electron chi connectivity index (χ0n) is 38.3. The van der Waals surface area contributed by atoms with Crippen LogP contribution in [0.2, 0.25) is 0 Å². The van der Waals surface area contributed by atoms with E-state index in [1.54, 1.807) is 0 Å². The van der Waals surface area contributed by atoms with Crippen LogP contribution in [0.3, 0.4) is 0 Å². The largest absolute Gasteiger partial charge is 0.462 e. The Bertz CT molecular complexity index is 854. The van der Waals surface area contributed by atoms with Crippen LogP contribution in [0, 0.1) is 11.8 Å². The van der Waals surface area contributed by atoms with Crippen LogP contribution in [0.25, 0.3) is 0 Å². The van der Waals surface area contributed by atoms with Gasteiger partial charge in [0.1, 0.15) is 13.2 Å². The van der Waals surface area contributed by atoms with Crippen molar-refractivity contribution in [1.29, 1.82) is 0 Å². The van der Waals surface area contributed by atoms with E-state index in [0.29, 0.717) is 19.3 Å². The van der Waals surface area contributed by atoms with Crippen LogP contribution in [0.4, 0.5) is 0 Å². The number of carbonyl (C=O) groups excluding carboxylic acids is 3. The van der Waals surface area contributed by atoms with E-state index in [-0.39, 0.29) is 31.1 Å². The lowest BCUT2D eigenvalue weighted by Crippen LogP contribution is -2.30. The first kappa shape index (κ1) is 54.4. The van der Waals surface area contributed by atoms with E-state index in [0.717, 1.165) is 69.6 Å². The highest BCUT2D eigenvalue weighted by Crippen LogP contribution is 2.17. The standard InChI is InChI=1S/C50H96O6/c1-6-7-8-9-23-30-35-40-48(51)54-43-47(44-55-49(52)41-36-31-26-21-18-14-16-20-25-29-34-39-46(4)5)56-50(53)42-37-32-27-22-17-13-11-10-12-15-19-24-28-33-38-45(2)3/h45-47H,6-44H2,1-5H3/t47-/m1/s1. The van der Waals surface area contributed by atoms with Crippen molar-refractivity contribution in [3.8, 4) is 0 Å². The Hall–Kier alpha value is -1.59. The fourth-order valence-corrected chi connectivity index (χ4v) is 7.46. The molecule has 0 N–H and O–H groups in total. The van der Waals surface area contributed by atoms with Crippen molar-refractivity contribution >= 4 is 17.9 Å². The molecule has 0 aromatic heterocycles. The molecule has 0 aromatic rings. The lowest BCUT2D eigenvalue weighted by atomic mass is 10.0. The van der Waals surface area contributed by atoms with Crippen LogP contribution in [0.15, 0.2) is 0 Å². The molecule has 0 spiro atoms. The van der Waals surface area contributed by atoms with Gasteiger partial charge in [-0.15, -0.1) is 0 Å². The summed E-state index contributed by atoms with van der Waals surface area (Å²) in [5.41, 5.74) is 0. The normalized spacial score (nSPS) is 12.1. The zero-order valence-corrected chi connectivity index (χ0v) is 38.3. The van der Waals surface area contributed by atoms with Crippen LogP contribution in [-0.2, 0) is 28.6 Å². The van der Waals surface area contributed by atoms with Gasteiger partial charge in [-0.25, -0.2) is 0 Å². The molecule has 6 heteroatoms. The monoisotopic (exact) mass is 793 g/mol. The van der Waals surface area contributed by atoms with E-state index in [1.807, 2.05) is 0 Å². The third-order valence-electron chi connectivity index (χ3n) is 11.2. The van der Waals surface area contributed by atoms with Gasteiger partial charge in [-0.3, -0.25) is 14.4 Å². The molecular formula is C50H96O6. The lowest BCUT2D eigenvalue weighted by Gasteiger charge is -2.18. The number of unbranched alkanes of at least 4 members (excludes halogenated alkanes) is 29. The van der Waals surface area contributed by atoms with Crippen molar-refractivity contribution in [3.05, 3.63) is 0 Å². The number of carbonyl (C=O) groups is 3. The minimum absolute atomic E-state index is 0.0644. The van der Waals surface area contributed by atoms with Gasteiger partial charge in [0, 0.05) is 19.3 Å². The van der Waals surface area contributed by atoms with Crippen LogP contribution in [0.5, 0.6) is 0 Å². The Kier molecular flexibility index (Phi) is 41.8. The second-order valence-corrected chi connectivity index (χ2v) is 18.1. The molecule has 0 rings (SSSR count). The molecule has 332 valence electrons. The van der Waals surface area contributed by atoms with Crippen LogP contribution >= 0.6 is 0 Å². The average molecular weight is 793 g/mol. The van der Waals surface area contributed by atoms with Crippen molar-refractivity contribution in [2.75, 3.05) is 13.2 Å². The molecule has 0 aliphatic carbocycles. The van der Waals surface area contributed by atoms with Gasteiger partial charge in [0.25, 0.3) is 0 Å². The molecule has 0 heterocycles.